The summed E-state index contributed by atoms with van der Waals surface area (Å²) in [7, 11) is 0. The molecule has 3 atom stereocenters. The van der Waals surface area contributed by atoms with E-state index in [1.807, 2.05) is 6.92 Å². The van der Waals surface area contributed by atoms with Gasteiger partial charge in [0.05, 0.1) is 29.7 Å². The van der Waals surface area contributed by atoms with Crippen molar-refractivity contribution in [2.75, 3.05) is 26.3 Å². The lowest BCUT2D eigenvalue weighted by molar-refractivity contribution is -0.135. The third kappa shape index (κ3) is 5.45. The first-order valence-electron chi connectivity index (χ1n) is 11.7. The Morgan fingerprint density at radius 1 is 1.33 bits per heavy atom. The van der Waals surface area contributed by atoms with Crippen LogP contribution in [0.25, 0.3) is 11.9 Å². The fraction of sp³-hybridized carbons (Fsp3) is 0.370. The number of nitrogens with zero attached hydrogens (tertiary/aromatic N) is 3. The monoisotopic (exact) mass is 510 g/mol. The highest BCUT2D eigenvalue weighted by molar-refractivity contribution is 8.14. The number of aliphatic imine (C=N–C) groups is 1. The number of pyridine rings is 1. The molecule has 6 nitrogen and oxygen atoms in total. The number of ether oxygens (including phenoxy) is 1. The number of amides is 1. The molecule has 2 aliphatic rings. The molecular weight excluding hydrogens is 482 g/mol. The van der Waals surface area contributed by atoms with E-state index >= 15 is 4.39 Å². The highest BCUT2D eigenvalue weighted by Crippen LogP contribution is 2.43. The van der Waals surface area contributed by atoms with Crippen LogP contribution >= 0.6 is 11.8 Å². The Bertz CT molecular complexity index is 1240. The second-order valence-corrected chi connectivity index (χ2v) is 10.3. The fourth-order valence-corrected chi connectivity index (χ4v) is 5.60. The Labute approximate surface area is 214 Å². The number of nitrogens with two attached hydrogens (primary N) is 1. The average molecular weight is 511 g/mol. The van der Waals surface area contributed by atoms with Crippen LogP contribution in [0.5, 0.6) is 0 Å². The Hall–Kier alpha value is -3.22. The van der Waals surface area contributed by atoms with Gasteiger partial charge in [0.1, 0.15) is 11.6 Å². The van der Waals surface area contributed by atoms with Crippen LogP contribution in [0.3, 0.4) is 0 Å². The number of carbonyl (C=O) groups is 1. The lowest BCUT2D eigenvalue weighted by atomic mass is 9.78. The number of amidine groups is 1. The number of carbonyl (C=O) groups excluding carboxylic acids is 1. The highest BCUT2D eigenvalue weighted by Gasteiger charge is 2.42. The van der Waals surface area contributed by atoms with Gasteiger partial charge in [0.15, 0.2) is 5.17 Å². The Morgan fingerprint density at radius 2 is 2.08 bits per heavy atom. The summed E-state index contributed by atoms with van der Waals surface area (Å²) in [6.07, 6.45) is 8.49. The summed E-state index contributed by atoms with van der Waals surface area (Å²) in [4.78, 5) is 23.7. The first-order valence-corrected chi connectivity index (χ1v) is 12.6. The average Bonchev–Trinajstić information content (AvgIpc) is 3.00. The molecule has 2 N–H and O–H groups in total. The summed E-state index contributed by atoms with van der Waals surface area (Å²) in [5, 5.41) is -0.206. The first kappa shape index (κ1) is 25.9. The summed E-state index contributed by atoms with van der Waals surface area (Å²) >= 11 is 1.21. The second kappa shape index (κ2) is 10.8. The molecule has 1 aromatic heterocycles. The number of benzene rings is 1. The number of morpholine rings is 1. The molecule has 3 heterocycles. The number of hydrogen-bond acceptors (Lipinski definition) is 6. The number of halogens is 2. The molecule has 1 fully saturated rings. The van der Waals surface area contributed by atoms with Crippen LogP contribution in [0.2, 0.25) is 0 Å². The largest absolute Gasteiger partial charge is 0.378 e. The van der Waals surface area contributed by atoms with E-state index in [9.17, 15) is 9.18 Å². The van der Waals surface area contributed by atoms with Gasteiger partial charge in [0, 0.05) is 30.4 Å². The van der Waals surface area contributed by atoms with Crippen molar-refractivity contribution in [2.45, 2.75) is 31.1 Å². The van der Waals surface area contributed by atoms with E-state index in [2.05, 4.69) is 15.9 Å². The molecule has 4 rings (SSSR count). The molecule has 1 amide bonds. The van der Waals surface area contributed by atoms with Gasteiger partial charge in [-0.2, -0.15) is 0 Å². The van der Waals surface area contributed by atoms with Crippen molar-refractivity contribution >= 4 is 34.7 Å². The maximum Gasteiger partial charge on any atom is 0.236 e. The van der Waals surface area contributed by atoms with Crippen molar-refractivity contribution in [3.63, 3.8) is 0 Å². The summed E-state index contributed by atoms with van der Waals surface area (Å²) in [5.41, 5.74) is 6.60. The zero-order chi connectivity index (χ0) is 25.9. The van der Waals surface area contributed by atoms with E-state index in [-0.39, 0.29) is 28.3 Å². The molecule has 188 valence electrons. The summed E-state index contributed by atoms with van der Waals surface area (Å²) in [6.45, 7) is 5.81. The first-order chi connectivity index (χ1) is 17.2. The molecule has 2 aliphatic heterocycles. The summed E-state index contributed by atoms with van der Waals surface area (Å²) < 4.78 is 35.4. The molecule has 0 aliphatic carbocycles. The maximum absolute atomic E-state index is 15.2. The van der Waals surface area contributed by atoms with Gasteiger partial charge in [0.2, 0.25) is 5.91 Å². The molecule has 1 saturated heterocycles. The molecule has 36 heavy (non-hydrogen) atoms. The number of rotatable bonds is 4. The molecule has 0 spiro atoms. The van der Waals surface area contributed by atoms with E-state index in [4.69, 9.17) is 16.9 Å². The van der Waals surface area contributed by atoms with Crippen LogP contribution in [0.1, 0.15) is 42.7 Å². The molecule has 0 bridgehead atoms. The number of aromatic nitrogens is 1. The fourth-order valence-electron chi connectivity index (χ4n) is 4.44. The Kier molecular flexibility index (Phi) is 7.76. The normalized spacial score (nSPS) is 25.0. The van der Waals surface area contributed by atoms with Crippen LogP contribution in [-0.4, -0.2) is 52.5 Å². The van der Waals surface area contributed by atoms with Gasteiger partial charge in [-0.1, -0.05) is 30.7 Å². The summed E-state index contributed by atoms with van der Waals surface area (Å²) in [5.74, 6) is 1.15. The molecular formula is C27H28F2N4O2S. The predicted molar refractivity (Wildman–Crippen MR) is 139 cm³/mol. The van der Waals surface area contributed by atoms with Crippen LogP contribution in [0.15, 0.2) is 41.5 Å². The maximum atomic E-state index is 15.2. The molecule has 0 radical (unpaired) electrons. The van der Waals surface area contributed by atoms with E-state index in [1.165, 1.54) is 42.2 Å². The minimum absolute atomic E-state index is 0.0138. The van der Waals surface area contributed by atoms with Crippen LogP contribution < -0.4 is 5.73 Å². The standard InChI is InChI=1S/C27H28F2N4O2S/c1-4-18-6-8-23(31-16-18)22(29)15-19-5-7-21(28)20(14-19)27(3)17(2)13-24(36-26(30)32-27)25(34)33-9-11-35-12-10-33/h1,5-8,14-17,24H,9-13H2,2-3H3,(H2,30,32)/b22-15-/t17?,24?,27-/m0/s1. The molecule has 0 saturated carbocycles. The van der Waals surface area contributed by atoms with Gasteiger partial charge < -0.3 is 15.4 Å². The second-order valence-electron chi connectivity index (χ2n) is 9.09. The summed E-state index contributed by atoms with van der Waals surface area (Å²) in [6, 6.07) is 7.46. The third-order valence-corrected chi connectivity index (χ3v) is 7.75. The third-order valence-electron chi connectivity index (χ3n) is 6.73. The number of terminal acetylenes is 1. The van der Waals surface area contributed by atoms with Gasteiger partial charge in [-0.25, -0.2) is 8.78 Å². The zero-order valence-electron chi connectivity index (χ0n) is 20.2. The van der Waals surface area contributed by atoms with Crippen molar-refractivity contribution < 1.29 is 18.3 Å². The van der Waals surface area contributed by atoms with Crippen molar-refractivity contribution in [2.24, 2.45) is 16.6 Å². The van der Waals surface area contributed by atoms with E-state index in [0.29, 0.717) is 43.9 Å². The van der Waals surface area contributed by atoms with Gasteiger partial charge in [-0.15, -0.1) is 6.42 Å². The molecule has 2 aromatic rings. The molecule has 2 unspecified atom stereocenters. The smallest absolute Gasteiger partial charge is 0.236 e. The number of hydrogen-bond donors (Lipinski definition) is 1. The van der Waals surface area contributed by atoms with Gasteiger partial charge in [0.25, 0.3) is 0 Å². The SMILES string of the molecule is C#Cc1ccc(/C(F)=C/c2ccc(F)c([C@@]3(C)N=C(N)SC(C(=O)N4CCOCC4)CC3C)c2)nc1. The Balaban J connectivity index is 1.62. The van der Waals surface area contributed by atoms with Gasteiger partial charge in [-0.3, -0.25) is 14.8 Å². The van der Waals surface area contributed by atoms with Crippen LogP contribution in [-0.2, 0) is 15.1 Å². The van der Waals surface area contributed by atoms with E-state index in [0.717, 1.165) is 0 Å². The molecule has 9 heteroatoms. The van der Waals surface area contributed by atoms with Gasteiger partial charge in [-0.05, 0) is 55.2 Å². The number of thioether (sulfide) groups is 1. The van der Waals surface area contributed by atoms with Crippen molar-refractivity contribution in [1.82, 2.24) is 9.88 Å². The topological polar surface area (TPSA) is 80.8 Å². The van der Waals surface area contributed by atoms with Crippen molar-refractivity contribution in [1.29, 1.82) is 0 Å². The molecule has 1 aromatic carbocycles. The van der Waals surface area contributed by atoms with E-state index in [1.54, 1.807) is 24.0 Å². The zero-order valence-corrected chi connectivity index (χ0v) is 21.0. The minimum atomic E-state index is -1.05. The lowest BCUT2D eigenvalue weighted by Crippen LogP contribution is -2.45. The van der Waals surface area contributed by atoms with Crippen LogP contribution in [0, 0.1) is 24.1 Å². The van der Waals surface area contributed by atoms with Crippen molar-refractivity contribution in [3.8, 4) is 12.3 Å². The van der Waals surface area contributed by atoms with Crippen LogP contribution in [0.4, 0.5) is 8.78 Å². The van der Waals surface area contributed by atoms with E-state index < -0.39 is 22.4 Å². The van der Waals surface area contributed by atoms with Gasteiger partial charge >= 0.3 is 0 Å². The lowest BCUT2D eigenvalue weighted by Gasteiger charge is -2.34. The minimum Gasteiger partial charge on any atom is -0.378 e. The quantitative estimate of drug-likeness (QED) is 0.624. The Morgan fingerprint density at radius 3 is 2.75 bits per heavy atom. The highest BCUT2D eigenvalue weighted by atomic mass is 32.2. The van der Waals surface area contributed by atoms with Crippen molar-refractivity contribution in [3.05, 3.63) is 64.7 Å². The predicted octanol–water partition coefficient (Wildman–Crippen LogP) is 4.20.